The minimum Gasteiger partial charge on any atom is -0.392 e. The van der Waals surface area contributed by atoms with Crippen molar-refractivity contribution in [1.82, 2.24) is 0 Å². The molecule has 0 bridgehead atoms. The van der Waals surface area contributed by atoms with E-state index in [2.05, 4.69) is 10.6 Å². The molecule has 3 N–H and O–H groups in total. The second-order valence-corrected chi connectivity index (χ2v) is 4.84. The molecule has 2 rings (SSSR count). The number of anilines is 2. The summed E-state index contributed by atoms with van der Waals surface area (Å²) in [6.45, 7) is -0.0891. The Labute approximate surface area is 126 Å². The molecule has 0 aliphatic carbocycles. The Hall–Kier alpha value is -1.69. The lowest BCUT2D eigenvalue weighted by atomic mass is 10.2. The van der Waals surface area contributed by atoms with E-state index in [1.54, 1.807) is 12.1 Å². The Morgan fingerprint density at radius 3 is 2.65 bits per heavy atom. The third-order valence-electron chi connectivity index (χ3n) is 2.61. The lowest BCUT2D eigenvalue weighted by Crippen LogP contribution is -2.20. The van der Waals surface area contributed by atoms with Gasteiger partial charge in [0.2, 0.25) is 0 Å². The summed E-state index contributed by atoms with van der Waals surface area (Å²) in [5.74, 6) is -0.485. The molecule has 2 aromatic carbocycles. The Kier molecular flexibility index (Phi) is 4.89. The largest absolute Gasteiger partial charge is 0.392 e. The first-order valence-electron chi connectivity index (χ1n) is 5.82. The van der Waals surface area contributed by atoms with Crippen LogP contribution < -0.4 is 10.6 Å². The summed E-state index contributed by atoms with van der Waals surface area (Å²) in [7, 11) is 0. The van der Waals surface area contributed by atoms with Crippen molar-refractivity contribution >= 4 is 40.3 Å². The van der Waals surface area contributed by atoms with E-state index in [1.165, 1.54) is 18.2 Å². The zero-order valence-corrected chi connectivity index (χ0v) is 11.9. The highest BCUT2D eigenvalue weighted by molar-refractivity contribution is 7.80. The fourth-order valence-corrected chi connectivity index (χ4v) is 2.05. The molecule has 0 spiro atoms. The predicted molar refractivity (Wildman–Crippen MR) is 83.6 cm³/mol. The van der Waals surface area contributed by atoms with E-state index >= 15 is 0 Å². The van der Waals surface area contributed by atoms with Crippen LogP contribution >= 0.6 is 23.8 Å². The highest BCUT2D eigenvalue weighted by Gasteiger charge is 2.05. The van der Waals surface area contributed by atoms with E-state index in [0.29, 0.717) is 16.5 Å². The highest BCUT2D eigenvalue weighted by atomic mass is 35.5. The van der Waals surface area contributed by atoms with E-state index in [1.807, 2.05) is 12.1 Å². The van der Waals surface area contributed by atoms with Crippen LogP contribution in [0.3, 0.4) is 0 Å². The molecule has 0 unspecified atom stereocenters. The van der Waals surface area contributed by atoms with E-state index in [0.717, 1.165) is 5.56 Å². The van der Waals surface area contributed by atoms with Crippen LogP contribution in [0.2, 0.25) is 5.02 Å². The van der Waals surface area contributed by atoms with Crippen molar-refractivity contribution in [3.8, 4) is 0 Å². The summed E-state index contributed by atoms with van der Waals surface area (Å²) in [6.07, 6.45) is 0. The maximum Gasteiger partial charge on any atom is 0.175 e. The van der Waals surface area contributed by atoms with Gasteiger partial charge in [-0.25, -0.2) is 4.39 Å². The molecule has 20 heavy (non-hydrogen) atoms. The number of aliphatic hydroxyl groups excluding tert-OH is 1. The summed E-state index contributed by atoms with van der Waals surface area (Å²) in [6, 6.07) is 11.5. The average Bonchev–Trinajstić information content (AvgIpc) is 2.43. The van der Waals surface area contributed by atoms with Crippen LogP contribution in [-0.4, -0.2) is 10.2 Å². The first-order valence-corrected chi connectivity index (χ1v) is 6.60. The second-order valence-electron chi connectivity index (χ2n) is 4.02. The van der Waals surface area contributed by atoms with E-state index in [4.69, 9.17) is 23.8 Å². The van der Waals surface area contributed by atoms with Crippen LogP contribution in [0.1, 0.15) is 5.56 Å². The lowest BCUT2D eigenvalue weighted by Gasteiger charge is -2.13. The topological polar surface area (TPSA) is 44.3 Å². The van der Waals surface area contributed by atoms with Gasteiger partial charge in [0, 0.05) is 16.9 Å². The van der Waals surface area contributed by atoms with Gasteiger partial charge in [-0.15, -0.1) is 0 Å². The second kappa shape index (κ2) is 6.65. The molecule has 0 heterocycles. The molecule has 0 aliphatic heterocycles. The smallest absolute Gasteiger partial charge is 0.175 e. The molecule has 3 nitrogen and oxygen atoms in total. The molecule has 104 valence electrons. The number of thiocarbonyl (C=S) groups is 1. The van der Waals surface area contributed by atoms with Gasteiger partial charge in [-0.2, -0.15) is 0 Å². The molecule has 6 heteroatoms. The summed E-state index contributed by atoms with van der Waals surface area (Å²) in [5, 5.41) is 15.4. The first kappa shape index (κ1) is 14.7. The number of hydrogen-bond donors (Lipinski definition) is 3. The molecule has 0 radical (unpaired) electrons. The molecular weight excluding hydrogens is 299 g/mol. The third kappa shape index (κ3) is 3.66. The zero-order chi connectivity index (χ0) is 14.5. The van der Waals surface area contributed by atoms with Gasteiger partial charge in [0.05, 0.1) is 11.6 Å². The Morgan fingerprint density at radius 1 is 1.20 bits per heavy atom. The molecule has 0 aromatic heterocycles. The third-order valence-corrected chi connectivity index (χ3v) is 3.11. The minimum atomic E-state index is -0.485. The number of benzene rings is 2. The van der Waals surface area contributed by atoms with Gasteiger partial charge < -0.3 is 15.7 Å². The average molecular weight is 311 g/mol. The van der Waals surface area contributed by atoms with Gasteiger partial charge in [-0.05, 0) is 36.5 Å². The van der Waals surface area contributed by atoms with Crippen molar-refractivity contribution in [3.63, 3.8) is 0 Å². The highest BCUT2D eigenvalue weighted by Crippen LogP contribution is 2.20. The van der Waals surface area contributed by atoms with Crippen molar-refractivity contribution in [2.45, 2.75) is 6.61 Å². The van der Waals surface area contributed by atoms with Gasteiger partial charge in [0.1, 0.15) is 5.82 Å². The van der Waals surface area contributed by atoms with Crippen molar-refractivity contribution in [3.05, 3.63) is 58.9 Å². The number of nitrogens with one attached hydrogen (secondary N) is 2. The van der Waals surface area contributed by atoms with Gasteiger partial charge in [-0.1, -0.05) is 29.8 Å². The number of aliphatic hydroxyl groups is 1. The van der Waals surface area contributed by atoms with Crippen LogP contribution in [-0.2, 0) is 6.61 Å². The predicted octanol–water partition coefficient (Wildman–Crippen LogP) is 3.78. The van der Waals surface area contributed by atoms with Crippen molar-refractivity contribution in [1.29, 1.82) is 0 Å². The number of hydrogen-bond acceptors (Lipinski definition) is 2. The van der Waals surface area contributed by atoms with Crippen LogP contribution in [0.15, 0.2) is 42.5 Å². The standard InChI is InChI=1S/C14H12ClFN2OS/c15-11-7-10(5-6-12(11)16)17-14(20)18-13-4-2-1-3-9(13)8-19/h1-7,19H,8H2,(H2,17,18,20). The fraction of sp³-hybridized carbons (Fsp3) is 0.0714. The molecule has 0 atom stereocenters. The van der Waals surface area contributed by atoms with E-state index in [-0.39, 0.29) is 11.6 Å². The molecule has 0 amide bonds. The Morgan fingerprint density at radius 2 is 1.95 bits per heavy atom. The normalized spacial score (nSPS) is 10.2. The van der Waals surface area contributed by atoms with Crippen LogP contribution in [0.4, 0.5) is 15.8 Å². The maximum atomic E-state index is 13.0. The Balaban J connectivity index is 2.07. The van der Waals surface area contributed by atoms with Gasteiger partial charge in [0.25, 0.3) is 0 Å². The lowest BCUT2D eigenvalue weighted by molar-refractivity contribution is 0.282. The Bertz CT molecular complexity index is 636. The number of halogens is 2. The van der Waals surface area contributed by atoms with Crippen LogP contribution in [0.25, 0.3) is 0 Å². The van der Waals surface area contributed by atoms with Gasteiger partial charge >= 0.3 is 0 Å². The number of para-hydroxylation sites is 1. The molecule has 0 saturated carbocycles. The molecule has 2 aromatic rings. The first-order chi connectivity index (χ1) is 9.60. The molecule has 0 aliphatic rings. The van der Waals surface area contributed by atoms with Crippen LogP contribution in [0, 0.1) is 5.82 Å². The quantitative estimate of drug-likeness (QED) is 0.755. The summed E-state index contributed by atoms with van der Waals surface area (Å²) in [5.41, 5.74) is 2.02. The van der Waals surface area contributed by atoms with Crippen molar-refractivity contribution in [2.24, 2.45) is 0 Å². The SMILES string of the molecule is OCc1ccccc1NC(=S)Nc1ccc(F)c(Cl)c1. The van der Waals surface area contributed by atoms with Crippen molar-refractivity contribution < 1.29 is 9.50 Å². The van der Waals surface area contributed by atoms with Gasteiger partial charge in [0.15, 0.2) is 5.11 Å². The fourth-order valence-electron chi connectivity index (χ4n) is 1.64. The summed E-state index contributed by atoms with van der Waals surface area (Å²) < 4.78 is 13.0. The summed E-state index contributed by atoms with van der Waals surface area (Å²) >= 11 is 10.9. The van der Waals surface area contributed by atoms with Gasteiger partial charge in [-0.3, -0.25) is 0 Å². The maximum absolute atomic E-state index is 13.0. The minimum absolute atomic E-state index is 0.0218. The monoisotopic (exact) mass is 310 g/mol. The summed E-state index contributed by atoms with van der Waals surface area (Å²) in [4.78, 5) is 0. The van der Waals surface area contributed by atoms with E-state index in [9.17, 15) is 9.50 Å². The number of rotatable bonds is 3. The van der Waals surface area contributed by atoms with Crippen molar-refractivity contribution in [2.75, 3.05) is 10.6 Å². The zero-order valence-electron chi connectivity index (χ0n) is 10.4. The van der Waals surface area contributed by atoms with E-state index < -0.39 is 5.82 Å². The molecular formula is C14H12ClFN2OS. The molecule has 0 saturated heterocycles. The molecule has 0 fully saturated rings. The van der Waals surface area contributed by atoms with Crippen LogP contribution in [0.5, 0.6) is 0 Å².